The Labute approximate surface area is 126 Å². The number of pyridine rings is 1. The van der Waals surface area contributed by atoms with Crippen molar-refractivity contribution in [3.63, 3.8) is 0 Å². The fraction of sp³-hybridized carbons (Fsp3) is 0.500. The van der Waals surface area contributed by atoms with Crippen molar-refractivity contribution in [3.05, 3.63) is 27.7 Å². The summed E-state index contributed by atoms with van der Waals surface area (Å²) in [5, 5.41) is 0. The van der Waals surface area contributed by atoms with Crippen LogP contribution in [0.3, 0.4) is 0 Å². The van der Waals surface area contributed by atoms with Crippen molar-refractivity contribution in [2.45, 2.75) is 12.5 Å². The van der Waals surface area contributed by atoms with E-state index < -0.39 is 17.4 Å². The van der Waals surface area contributed by atoms with Crippen molar-refractivity contribution < 1.29 is 28.5 Å². The monoisotopic (exact) mass is 311 g/mol. The number of rotatable bonds is 4. The second-order valence-electron chi connectivity index (χ2n) is 4.66. The van der Waals surface area contributed by atoms with Crippen LogP contribution in [0.2, 0.25) is 0 Å². The van der Waals surface area contributed by atoms with E-state index in [-0.39, 0.29) is 23.0 Å². The molecule has 0 spiro atoms. The maximum absolute atomic E-state index is 12.3. The summed E-state index contributed by atoms with van der Waals surface area (Å²) in [5.74, 6) is -1.77. The maximum Gasteiger partial charge on any atom is 0.358 e. The van der Waals surface area contributed by atoms with Crippen molar-refractivity contribution in [2.24, 2.45) is 0 Å². The number of hydrogen-bond donors (Lipinski definition) is 0. The second kappa shape index (κ2) is 6.61. The average Bonchev–Trinajstić information content (AvgIpc) is 3.07. The number of methoxy groups -OCH3 is 3. The smallest absolute Gasteiger partial charge is 0.358 e. The van der Waals surface area contributed by atoms with Gasteiger partial charge in [-0.05, 0) is 6.42 Å². The van der Waals surface area contributed by atoms with Gasteiger partial charge in [-0.3, -0.25) is 4.79 Å². The lowest BCUT2D eigenvalue weighted by molar-refractivity contribution is 0.0565. The fourth-order valence-corrected chi connectivity index (χ4v) is 2.38. The Morgan fingerprint density at radius 3 is 2.41 bits per heavy atom. The molecule has 8 heteroatoms. The minimum Gasteiger partial charge on any atom is -0.491 e. The topological polar surface area (TPSA) is 93.1 Å². The average molecular weight is 311 g/mol. The lowest BCUT2D eigenvalue weighted by atomic mass is 10.1. The van der Waals surface area contributed by atoms with Gasteiger partial charge >= 0.3 is 11.9 Å². The van der Waals surface area contributed by atoms with Gasteiger partial charge in [0.05, 0.1) is 34.0 Å². The summed E-state index contributed by atoms with van der Waals surface area (Å²) >= 11 is 0. The van der Waals surface area contributed by atoms with Gasteiger partial charge in [0.1, 0.15) is 5.56 Å². The van der Waals surface area contributed by atoms with Crippen LogP contribution in [0, 0.1) is 0 Å². The third kappa shape index (κ3) is 2.69. The van der Waals surface area contributed by atoms with E-state index in [9.17, 15) is 14.4 Å². The lowest BCUT2D eigenvalue weighted by Gasteiger charge is -2.20. The Balaban J connectivity index is 2.73. The molecule has 0 aliphatic carbocycles. The van der Waals surface area contributed by atoms with E-state index in [1.165, 1.54) is 32.1 Å². The molecule has 0 saturated carbocycles. The van der Waals surface area contributed by atoms with Gasteiger partial charge in [0.15, 0.2) is 11.4 Å². The lowest BCUT2D eigenvalue weighted by Crippen LogP contribution is -2.28. The van der Waals surface area contributed by atoms with Crippen LogP contribution < -0.4 is 10.2 Å². The molecular weight excluding hydrogens is 294 g/mol. The maximum atomic E-state index is 12.3. The van der Waals surface area contributed by atoms with Crippen LogP contribution in [0.25, 0.3) is 0 Å². The molecule has 0 N–H and O–H groups in total. The number of esters is 2. The van der Waals surface area contributed by atoms with Crippen molar-refractivity contribution in [1.29, 1.82) is 0 Å². The summed E-state index contributed by atoms with van der Waals surface area (Å²) in [4.78, 5) is 36.2. The standard InChI is InChI=1S/C14H17NO7/c1-19-12-10(14(18)21-3)15(8-4-5-22-7-8)6-9(11(12)16)13(17)20-2/h6,8H,4-5,7H2,1-3H3/t8-/m1/s1. The third-order valence-electron chi connectivity index (χ3n) is 3.48. The first-order chi connectivity index (χ1) is 10.5. The van der Waals surface area contributed by atoms with Gasteiger partial charge in [0.25, 0.3) is 0 Å². The molecule has 22 heavy (non-hydrogen) atoms. The Morgan fingerprint density at radius 1 is 1.23 bits per heavy atom. The Hall–Kier alpha value is -2.35. The number of hydrogen-bond acceptors (Lipinski definition) is 7. The predicted molar refractivity (Wildman–Crippen MR) is 74.4 cm³/mol. The third-order valence-corrected chi connectivity index (χ3v) is 3.48. The first kappa shape index (κ1) is 16.0. The summed E-state index contributed by atoms with van der Waals surface area (Å²) in [7, 11) is 3.63. The van der Waals surface area contributed by atoms with Crippen LogP contribution in [-0.4, -0.2) is 51.0 Å². The van der Waals surface area contributed by atoms with E-state index in [1.807, 2.05) is 0 Å². The van der Waals surface area contributed by atoms with E-state index in [0.717, 1.165) is 0 Å². The Bertz CT molecular complexity index is 643. The minimum atomic E-state index is -0.799. The molecule has 1 fully saturated rings. The zero-order chi connectivity index (χ0) is 16.3. The summed E-state index contributed by atoms with van der Waals surface area (Å²) in [6.07, 6.45) is 1.93. The van der Waals surface area contributed by atoms with E-state index in [0.29, 0.717) is 19.6 Å². The van der Waals surface area contributed by atoms with Gasteiger partial charge in [-0.2, -0.15) is 0 Å². The molecule has 0 aromatic carbocycles. The molecule has 1 atom stereocenters. The van der Waals surface area contributed by atoms with Crippen LogP contribution in [0.15, 0.2) is 11.0 Å². The predicted octanol–water partition coefficient (Wildman–Crippen LogP) is 0.391. The molecule has 2 rings (SSSR count). The van der Waals surface area contributed by atoms with Gasteiger partial charge in [-0.15, -0.1) is 0 Å². The molecule has 0 unspecified atom stereocenters. The molecule has 0 radical (unpaired) electrons. The molecule has 1 aromatic rings. The first-order valence-electron chi connectivity index (χ1n) is 6.62. The van der Waals surface area contributed by atoms with Crippen molar-refractivity contribution in [3.8, 4) is 5.75 Å². The highest BCUT2D eigenvalue weighted by Gasteiger charge is 2.30. The Kier molecular flexibility index (Phi) is 4.81. The van der Waals surface area contributed by atoms with Gasteiger partial charge in [0.2, 0.25) is 5.43 Å². The second-order valence-corrected chi connectivity index (χ2v) is 4.66. The van der Waals surface area contributed by atoms with Crippen LogP contribution in [0.5, 0.6) is 5.75 Å². The van der Waals surface area contributed by atoms with E-state index in [1.54, 1.807) is 0 Å². The van der Waals surface area contributed by atoms with E-state index >= 15 is 0 Å². The molecule has 1 aromatic heterocycles. The van der Waals surface area contributed by atoms with Crippen molar-refractivity contribution in [2.75, 3.05) is 34.5 Å². The fourth-order valence-electron chi connectivity index (χ4n) is 2.38. The number of carbonyl (C=O) groups excluding carboxylic acids is 2. The molecule has 120 valence electrons. The van der Waals surface area contributed by atoms with Gasteiger partial charge in [0, 0.05) is 12.8 Å². The highest BCUT2D eigenvalue weighted by atomic mass is 16.5. The molecule has 0 amide bonds. The van der Waals surface area contributed by atoms with Gasteiger partial charge in [-0.1, -0.05) is 0 Å². The highest BCUT2D eigenvalue weighted by Crippen LogP contribution is 2.26. The normalized spacial score (nSPS) is 17.1. The van der Waals surface area contributed by atoms with Crippen LogP contribution in [-0.2, 0) is 14.2 Å². The SMILES string of the molecule is COC(=O)c1cn([C@@H]2CCOC2)c(C(=O)OC)c(OC)c1=O. The minimum absolute atomic E-state index is 0.0434. The van der Waals surface area contributed by atoms with Crippen LogP contribution >= 0.6 is 0 Å². The Morgan fingerprint density at radius 2 is 1.91 bits per heavy atom. The molecule has 1 aliphatic rings. The number of nitrogens with zero attached hydrogens (tertiary/aromatic N) is 1. The van der Waals surface area contributed by atoms with Gasteiger partial charge in [-0.25, -0.2) is 9.59 Å². The highest BCUT2D eigenvalue weighted by molar-refractivity contribution is 5.94. The van der Waals surface area contributed by atoms with E-state index in [2.05, 4.69) is 4.74 Å². The molecular formula is C14H17NO7. The molecule has 1 saturated heterocycles. The molecule has 1 aliphatic heterocycles. The van der Waals surface area contributed by atoms with Gasteiger partial charge < -0.3 is 23.5 Å². The van der Waals surface area contributed by atoms with Crippen molar-refractivity contribution >= 4 is 11.9 Å². The number of aromatic nitrogens is 1. The van der Waals surface area contributed by atoms with Crippen LogP contribution in [0.4, 0.5) is 0 Å². The quantitative estimate of drug-likeness (QED) is 0.743. The summed E-state index contributed by atoms with van der Waals surface area (Å²) < 4.78 is 21.2. The van der Waals surface area contributed by atoms with Crippen LogP contribution in [0.1, 0.15) is 33.3 Å². The zero-order valence-electron chi connectivity index (χ0n) is 12.6. The molecule has 0 bridgehead atoms. The molecule has 8 nitrogen and oxygen atoms in total. The largest absolute Gasteiger partial charge is 0.491 e. The summed E-state index contributed by atoms with van der Waals surface area (Å²) in [6, 6.07) is -0.202. The summed E-state index contributed by atoms with van der Waals surface area (Å²) in [5.41, 5.74) is -0.970. The first-order valence-corrected chi connectivity index (χ1v) is 6.62. The molecule has 2 heterocycles. The van der Waals surface area contributed by atoms with Crippen molar-refractivity contribution in [1.82, 2.24) is 4.57 Å². The zero-order valence-corrected chi connectivity index (χ0v) is 12.6. The number of ether oxygens (including phenoxy) is 4. The van der Waals surface area contributed by atoms with E-state index in [4.69, 9.17) is 14.2 Å². The number of carbonyl (C=O) groups is 2. The summed E-state index contributed by atoms with van der Waals surface area (Å²) in [6.45, 7) is 0.879.